The summed E-state index contributed by atoms with van der Waals surface area (Å²) in [6, 6.07) is 6.90. The minimum Gasteiger partial charge on any atom is -0.494 e. The molecule has 2 atom stereocenters. The molecule has 2 N–H and O–H groups in total. The summed E-state index contributed by atoms with van der Waals surface area (Å²) in [6.07, 6.45) is 0. The molecule has 0 fully saturated rings. The maximum absolute atomic E-state index is 11.9. The van der Waals surface area contributed by atoms with Crippen molar-refractivity contribution in [1.29, 1.82) is 0 Å². The van der Waals surface area contributed by atoms with E-state index in [1.165, 1.54) is 6.92 Å². The maximum Gasteiger partial charge on any atom is 0.242 e. The van der Waals surface area contributed by atoms with E-state index in [9.17, 15) is 9.59 Å². The van der Waals surface area contributed by atoms with Crippen LogP contribution in [0.4, 0.5) is 0 Å². The van der Waals surface area contributed by atoms with Crippen molar-refractivity contribution >= 4 is 11.8 Å². The van der Waals surface area contributed by atoms with Gasteiger partial charge in [-0.1, -0.05) is 12.1 Å². The summed E-state index contributed by atoms with van der Waals surface area (Å²) < 4.78 is 5.37. The van der Waals surface area contributed by atoms with E-state index >= 15 is 0 Å². The molecule has 0 radical (unpaired) electrons. The number of amides is 2. The van der Waals surface area contributed by atoms with E-state index in [1.807, 2.05) is 38.1 Å². The Hall–Kier alpha value is -2.04. The molecular weight excluding hydrogens is 256 g/mol. The van der Waals surface area contributed by atoms with Gasteiger partial charge >= 0.3 is 0 Å². The van der Waals surface area contributed by atoms with Gasteiger partial charge in [-0.25, -0.2) is 0 Å². The zero-order valence-corrected chi connectivity index (χ0v) is 12.4. The lowest BCUT2D eigenvalue weighted by atomic mass is 10.1. The van der Waals surface area contributed by atoms with Crippen LogP contribution in [-0.2, 0) is 9.59 Å². The van der Waals surface area contributed by atoms with Crippen LogP contribution < -0.4 is 15.4 Å². The minimum absolute atomic E-state index is 0.130. The molecular formula is C15H22N2O3. The van der Waals surface area contributed by atoms with Crippen molar-refractivity contribution in [3.8, 4) is 5.75 Å². The lowest BCUT2D eigenvalue weighted by Gasteiger charge is -2.18. The second kappa shape index (κ2) is 7.53. The van der Waals surface area contributed by atoms with Crippen LogP contribution in [-0.4, -0.2) is 24.5 Å². The molecule has 0 aromatic heterocycles. The average Bonchev–Trinajstić information content (AvgIpc) is 2.39. The smallest absolute Gasteiger partial charge is 0.242 e. The summed E-state index contributed by atoms with van der Waals surface area (Å²) in [5, 5.41) is 5.41. The van der Waals surface area contributed by atoms with Crippen molar-refractivity contribution in [1.82, 2.24) is 10.6 Å². The van der Waals surface area contributed by atoms with Crippen molar-refractivity contribution in [3.05, 3.63) is 29.8 Å². The zero-order chi connectivity index (χ0) is 15.1. The van der Waals surface area contributed by atoms with Gasteiger partial charge in [-0.2, -0.15) is 0 Å². The number of hydrogen-bond donors (Lipinski definition) is 2. The molecule has 2 unspecified atom stereocenters. The van der Waals surface area contributed by atoms with Crippen molar-refractivity contribution in [2.24, 2.45) is 0 Å². The van der Waals surface area contributed by atoms with E-state index in [0.29, 0.717) is 6.61 Å². The minimum atomic E-state index is -0.544. The van der Waals surface area contributed by atoms with Crippen LogP contribution in [0, 0.1) is 0 Å². The molecule has 1 aromatic rings. The van der Waals surface area contributed by atoms with Crippen molar-refractivity contribution in [2.75, 3.05) is 6.61 Å². The Balaban J connectivity index is 2.59. The van der Waals surface area contributed by atoms with Crippen LogP contribution in [0.25, 0.3) is 0 Å². The molecule has 5 heteroatoms. The van der Waals surface area contributed by atoms with E-state index in [1.54, 1.807) is 6.92 Å². The summed E-state index contributed by atoms with van der Waals surface area (Å²) in [4.78, 5) is 22.8. The van der Waals surface area contributed by atoms with Gasteiger partial charge in [-0.3, -0.25) is 9.59 Å². The van der Waals surface area contributed by atoms with Crippen LogP contribution in [0.15, 0.2) is 24.3 Å². The van der Waals surface area contributed by atoms with Gasteiger partial charge in [-0.15, -0.1) is 0 Å². The Morgan fingerprint density at radius 3 is 2.25 bits per heavy atom. The predicted octanol–water partition coefficient (Wildman–Crippen LogP) is 1.79. The number of hydrogen-bond acceptors (Lipinski definition) is 3. The molecule has 1 rings (SSSR count). The highest BCUT2D eigenvalue weighted by Gasteiger charge is 2.16. The largest absolute Gasteiger partial charge is 0.494 e. The average molecular weight is 278 g/mol. The van der Waals surface area contributed by atoms with Gasteiger partial charge in [0, 0.05) is 6.92 Å². The zero-order valence-electron chi connectivity index (χ0n) is 12.4. The summed E-state index contributed by atoms with van der Waals surface area (Å²) in [5.74, 6) is 0.379. The molecule has 0 saturated carbocycles. The predicted molar refractivity (Wildman–Crippen MR) is 77.4 cm³/mol. The van der Waals surface area contributed by atoms with Crippen LogP contribution in [0.5, 0.6) is 5.75 Å². The Morgan fingerprint density at radius 1 is 1.15 bits per heavy atom. The normalized spacial score (nSPS) is 13.2. The number of carbonyl (C=O) groups is 2. The lowest BCUT2D eigenvalue weighted by Crippen LogP contribution is -2.44. The van der Waals surface area contributed by atoms with Crippen molar-refractivity contribution < 1.29 is 14.3 Å². The molecule has 0 saturated heterocycles. The molecule has 2 amide bonds. The van der Waals surface area contributed by atoms with Crippen LogP contribution >= 0.6 is 0 Å². The van der Waals surface area contributed by atoms with Crippen LogP contribution in [0.3, 0.4) is 0 Å². The summed E-state index contributed by atoms with van der Waals surface area (Å²) >= 11 is 0. The quantitative estimate of drug-likeness (QED) is 0.833. The van der Waals surface area contributed by atoms with Gasteiger partial charge in [-0.05, 0) is 38.5 Å². The molecule has 0 aliphatic rings. The highest BCUT2D eigenvalue weighted by Crippen LogP contribution is 2.17. The third-order valence-corrected chi connectivity index (χ3v) is 2.86. The number of benzene rings is 1. The van der Waals surface area contributed by atoms with Crippen molar-refractivity contribution in [2.45, 2.75) is 39.8 Å². The van der Waals surface area contributed by atoms with Crippen LogP contribution in [0.1, 0.15) is 39.3 Å². The molecule has 5 nitrogen and oxygen atoms in total. The van der Waals surface area contributed by atoms with Crippen molar-refractivity contribution in [3.63, 3.8) is 0 Å². The van der Waals surface area contributed by atoms with Gasteiger partial charge in [0.25, 0.3) is 0 Å². The Bertz CT molecular complexity index is 457. The standard InChI is InChI=1S/C15H22N2O3/c1-5-20-14-8-6-13(7-9-14)10(2)17-15(19)11(3)16-12(4)18/h6-11H,5H2,1-4H3,(H,16,18)(H,17,19). The van der Waals surface area contributed by atoms with E-state index in [0.717, 1.165) is 11.3 Å². The Labute approximate surface area is 119 Å². The van der Waals surface area contributed by atoms with Gasteiger partial charge in [0.15, 0.2) is 0 Å². The third-order valence-electron chi connectivity index (χ3n) is 2.86. The Morgan fingerprint density at radius 2 is 1.75 bits per heavy atom. The number of ether oxygens (including phenoxy) is 1. The topological polar surface area (TPSA) is 67.4 Å². The first-order valence-electron chi connectivity index (χ1n) is 6.74. The Kier molecular flexibility index (Phi) is 6.03. The maximum atomic E-state index is 11.9. The molecule has 1 aromatic carbocycles. The fourth-order valence-corrected chi connectivity index (χ4v) is 1.81. The first-order valence-corrected chi connectivity index (χ1v) is 6.74. The number of carbonyl (C=O) groups excluding carboxylic acids is 2. The second-order valence-corrected chi connectivity index (χ2v) is 4.65. The van der Waals surface area contributed by atoms with Gasteiger partial charge in [0.1, 0.15) is 11.8 Å². The molecule has 0 aliphatic carbocycles. The first kappa shape index (κ1) is 16.0. The fraction of sp³-hybridized carbons (Fsp3) is 0.467. The van der Waals surface area contributed by atoms with E-state index in [-0.39, 0.29) is 17.9 Å². The van der Waals surface area contributed by atoms with E-state index in [4.69, 9.17) is 4.74 Å². The van der Waals surface area contributed by atoms with Gasteiger partial charge in [0.2, 0.25) is 11.8 Å². The summed E-state index contributed by atoms with van der Waals surface area (Å²) in [5.41, 5.74) is 0.983. The third kappa shape index (κ3) is 4.91. The molecule has 110 valence electrons. The summed E-state index contributed by atoms with van der Waals surface area (Å²) in [6.45, 7) is 7.50. The SMILES string of the molecule is CCOc1ccc(C(C)NC(=O)C(C)NC(C)=O)cc1. The second-order valence-electron chi connectivity index (χ2n) is 4.65. The highest BCUT2D eigenvalue weighted by atomic mass is 16.5. The molecule has 0 spiro atoms. The van der Waals surface area contributed by atoms with Gasteiger partial charge in [0.05, 0.1) is 12.6 Å². The monoisotopic (exact) mass is 278 g/mol. The number of rotatable bonds is 6. The molecule has 0 bridgehead atoms. The summed E-state index contributed by atoms with van der Waals surface area (Å²) in [7, 11) is 0. The molecule has 0 aliphatic heterocycles. The van der Waals surface area contributed by atoms with E-state index in [2.05, 4.69) is 10.6 Å². The van der Waals surface area contributed by atoms with Gasteiger partial charge < -0.3 is 15.4 Å². The van der Waals surface area contributed by atoms with Crippen LogP contribution in [0.2, 0.25) is 0 Å². The van der Waals surface area contributed by atoms with E-state index < -0.39 is 6.04 Å². The highest BCUT2D eigenvalue weighted by molar-refractivity contribution is 5.86. The fourth-order valence-electron chi connectivity index (χ4n) is 1.81. The number of nitrogens with one attached hydrogen (secondary N) is 2. The molecule has 0 heterocycles. The first-order chi connectivity index (χ1) is 9.43. The lowest BCUT2D eigenvalue weighted by molar-refractivity contribution is -0.128. The molecule has 20 heavy (non-hydrogen) atoms.